The van der Waals surface area contributed by atoms with Crippen LogP contribution in [0.15, 0.2) is 48.5 Å². The molecule has 0 saturated carbocycles. The van der Waals surface area contributed by atoms with E-state index in [0.29, 0.717) is 47.0 Å². The first-order valence-corrected chi connectivity index (χ1v) is 11.1. The molecule has 0 bridgehead atoms. The van der Waals surface area contributed by atoms with Crippen molar-refractivity contribution < 1.29 is 19.0 Å². The van der Waals surface area contributed by atoms with Crippen LogP contribution in [-0.4, -0.2) is 30.9 Å². The van der Waals surface area contributed by atoms with Crippen LogP contribution in [0.1, 0.15) is 22.2 Å². The highest BCUT2D eigenvalue weighted by Gasteiger charge is 2.25. The molecule has 3 aromatic rings. The molecule has 0 amide bonds. The Hall–Kier alpha value is -3.10. The summed E-state index contributed by atoms with van der Waals surface area (Å²) in [5.74, 6) is 1.00. The maximum Gasteiger partial charge on any atom is 0.341 e. The first kappa shape index (κ1) is 21.1. The molecule has 2 heterocycles. The van der Waals surface area contributed by atoms with Gasteiger partial charge < -0.3 is 24.8 Å². The van der Waals surface area contributed by atoms with E-state index >= 15 is 0 Å². The van der Waals surface area contributed by atoms with E-state index in [1.807, 2.05) is 55.5 Å². The summed E-state index contributed by atoms with van der Waals surface area (Å²) in [4.78, 5) is 13.8. The Morgan fingerprint density at radius 3 is 2.58 bits per heavy atom. The molecule has 1 aliphatic heterocycles. The second kappa shape index (κ2) is 9.36. The number of hydrogen-bond donors (Lipinski definition) is 2. The SMILES string of the molecule is CCOC(=O)c1c(NC(=S)Nc2ccc3c(c2)OCCO3)sc(C)c1-c1ccccc1. The molecule has 0 atom stereocenters. The fourth-order valence-corrected chi connectivity index (χ4v) is 4.72. The number of nitrogens with one attached hydrogen (secondary N) is 2. The van der Waals surface area contributed by atoms with Crippen LogP contribution in [0.4, 0.5) is 10.7 Å². The van der Waals surface area contributed by atoms with Crippen molar-refractivity contribution in [1.29, 1.82) is 0 Å². The number of rotatable bonds is 5. The topological polar surface area (TPSA) is 68.8 Å². The molecular weight excluding hydrogens is 432 g/mol. The van der Waals surface area contributed by atoms with Gasteiger partial charge in [0.25, 0.3) is 0 Å². The number of ether oxygens (including phenoxy) is 3. The molecule has 0 saturated heterocycles. The number of carbonyl (C=O) groups is 1. The fourth-order valence-electron chi connectivity index (χ4n) is 3.37. The zero-order valence-corrected chi connectivity index (χ0v) is 18.8. The lowest BCUT2D eigenvalue weighted by molar-refractivity contribution is 0.0529. The fraction of sp³-hybridized carbons (Fsp3) is 0.217. The Kier molecular flexibility index (Phi) is 6.39. The van der Waals surface area contributed by atoms with E-state index in [1.54, 1.807) is 6.92 Å². The first-order valence-electron chi connectivity index (χ1n) is 9.90. The van der Waals surface area contributed by atoms with Crippen LogP contribution in [0.3, 0.4) is 0 Å². The maximum absolute atomic E-state index is 12.8. The molecule has 160 valence electrons. The molecule has 1 aliphatic rings. The summed E-state index contributed by atoms with van der Waals surface area (Å²) < 4.78 is 16.5. The van der Waals surface area contributed by atoms with Gasteiger partial charge in [0.15, 0.2) is 16.6 Å². The number of carbonyl (C=O) groups excluding carboxylic acids is 1. The van der Waals surface area contributed by atoms with Gasteiger partial charge in [-0.2, -0.15) is 0 Å². The molecule has 2 aromatic carbocycles. The van der Waals surface area contributed by atoms with Crippen LogP contribution >= 0.6 is 23.6 Å². The molecule has 2 N–H and O–H groups in total. The smallest absolute Gasteiger partial charge is 0.341 e. The molecule has 6 nitrogen and oxygen atoms in total. The third kappa shape index (κ3) is 4.65. The van der Waals surface area contributed by atoms with Crippen LogP contribution < -0.4 is 20.1 Å². The normalized spacial score (nSPS) is 12.2. The van der Waals surface area contributed by atoms with Gasteiger partial charge in [-0.25, -0.2) is 4.79 Å². The summed E-state index contributed by atoms with van der Waals surface area (Å²) in [6, 6.07) is 15.3. The largest absolute Gasteiger partial charge is 0.486 e. The molecule has 8 heteroatoms. The van der Waals surface area contributed by atoms with Gasteiger partial charge in [0, 0.05) is 22.2 Å². The molecule has 0 spiro atoms. The molecular formula is C23H22N2O4S2. The maximum atomic E-state index is 12.8. The summed E-state index contributed by atoms with van der Waals surface area (Å²) in [5, 5.41) is 7.33. The minimum atomic E-state index is -0.379. The Morgan fingerprint density at radius 2 is 1.84 bits per heavy atom. The summed E-state index contributed by atoms with van der Waals surface area (Å²) in [5.41, 5.74) is 3.06. The van der Waals surface area contributed by atoms with Gasteiger partial charge in [0.2, 0.25) is 0 Å². The predicted octanol–water partition coefficient (Wildman–Crippen LogP) is 5.48. The summed E-state index contributed by atoms with van der Waals surface area (Å²) in [7, 11) is 0. The first-order chi connectivity index (χ1) is 15.1. The lowest BCUT2D eigenvalue weighted by Gasteiger charge is -2.19. The van der Waals surface area contributed by atoms with Gasteiger partial charge in [-0.05, 0) is 43.8 Å². The lowest BCUT2D eigenvalue weighted by Crippen LogP contribution is -2.21. The number of anilines is 2. The third-order valence-electron chi connectivity index (χ3n) is 4.65. The zero-order chi connectivity index (χ0) is 21.8. The quantitative estimate of drug-likeness (QED) is 0.391. The van der Waals surface area contributed by atoms with Crippen LogP contribution in [-0.2, 0) is 4.74 Å². The van der Waals surface area contributed by atoms with Gasteiger partial charge in [-0.15, -0.1) is 11.3 Å². The second-order valence-electron chi connectivity index (χ2n) is 6.76. The second-order valence-corrected chi connectivity index (χ2v) is 8.39. The van der Waals surface area contributed by atoms with E-state index in [0.717, 1.165) is 21.7 Å². The van der Waals surface area contributed by atoms with Crippen LogP contribution in [0, 0.1) is 6.92 Å². The van der Waals surface area contributed by atoms with Crippen molar-refractivity contribution in [3.63, 3.8) is 0 Å². The molecule has 31 heavy (non-hydrogen) atoms. The van der Waals surface area contributed by atoms with E-state index in [2.05, 4.69) is 10.6 Å². The van der Waals surface area contributed by atoms with Crippen molar-refractivity contribution in [2.45, 2.75) is 13.8 Å². The number of benzene rings is 2. The average molecular weight is 455 g/mol. The highest BCUT2D eigenvalue weighted by molar-refractivity contribution is 7.80. The Labute approximate surface area is 190 Å². The highest BCUT2D eigenvalue weighted by Crippen LogP contribution is 2.40. The summed E-state index contributed by atoms with van der Waals surface area (Å²) in [6.07, 6.45) is 0. The van der Waals surface area contributed by atoms with E-state index in [-0.39, 0.29) is 5.97 Å². The zero-order valence-electron chi connectivity index (χ0n) is 17.2. The molecule has 0 unspecified atom stereocenters. The standard InChI is InChI=1S/C23H22N2O4S2/c1-3-27-22(26)20-19(15-7-5-4-6-8-15)14(2)31-21(20)25-23(30)24-16-9-10-17-18(13-16)29-12-11-28-17/h4-10,13H,3,11-12H2,1-2H3,(H2,24,25,30). The van der Waals surface area contributed by atoms with Gasteiger partial charge >= 0.3 is 5.97 Å². The minimum absolute atomic E-state index is 0.293. The number of thiophene rings is 1. The monoisotopic (exact) mass is 454 g/mol. The van der Waals surface area contributed by atoms with Crippen molar-refractivity contribution in [3.8, 4) is 22.6 Å². The molecule has 4 rings (SSSR count). The summed E-state index contributed by atoms with van der Waals surface area (Å²) in [6.45, 7) is 5.12. The van der Waals surface area contributed by atoms with Crippen molar-refractivity contribution in [3.05, 3.63) is 59.0 Å². The van der Waals surface area contributed by atoms with Crippen LogP contribution in [0.25, 0.3) is 11.1 Å². The number of hydrogen-bond acceptors (Lipinski definition) is 6. The molecule has 0 fully saturated rings. The van der Waals surface area contributed by atoms with Crippen molar-refractivity contribution in [1.82, 2.24) is 0 Å². The molecule has 1 aromatic heterocycles. The Balaban J connectivity index is 1.60. The van der Waals surface area contributed by atoms with Crippen LogP contribution in [0.5, 0.6) is 11.5 Å². The van der Waals surface area contributed by atoms with Gasteiger partial charge in [0.1, 0.15) is 23.8 Å². The lowest BCUT2D eigenvalue weighted by atomic mass is 10.0. The Bertz CT molecular complexity index is 1110. The minimum Gasteiger partial charge on any atom is -0.486 e. The van der Waals surface area contributed by atoms with E-state index < -0.39 is 0 Å². The number of esters is 1. The molecule has 0 radical (unpaired) electrons. The van der Waals surface area contributed by atoms with E-state index in [1.165, 1.54) is 11.3 Å². The number of thiocarbonyl (C=S) groups is 1. The molecule has 0 aliphatic carbocycles. The highest BCUT2D eigenvalue weighted by atomic mass is 32.1. The van der Waals surface area contributed by atoms with Gasteiger partial charge in [0.05, 0.1) is 6.61 Å². The van der Waals surface area contributed by atoms with Crippen molar-refractivity contribution in [2.24, 2.45) is 0 Å². The van der Waals surface area contributed by atoms with E-state index in [4.69, 9.17) is 26.4 Å². The third-order valence-corrected chi connectivity index (χ3v) is 5.88. The Morgan fingerprint density at radius 1 is 1.10 bits per heavy atom. The van der Waals surface area contributed by atoms with Crippen molar-refractivity contribution in [2.75, 3.05) is 30.5 Å². The number of fused-ring (bicyclic) bond motifs is 1. The van der Waals surface area contributed by atoms with Gasteiger partial charge in [-0.3, -0.25) is 0 Å². The predicted molar refractivity (Wildman–Crippen MR) is 128 cm³/mol. The number of aryl methyl sites for hydroxylation is 1. The van der Waals surface area contributed by atoms with Crippen LogP contribution in [0.2, 0.25) is 0 Å². The average Bonchev–Trinajstić information content (AvgIpc) is 3.09. The van der Waals surface area contributed by atoms with Gasteiger partial charge in [-0.1, -0.05) is 30.3 Å². The van der Waals surface area contributed by atoms with Crippen molar-refractivity contribution >= 4 is 45.3 Å². The summed E-state index contributed by atoms with van der Waals surface area (Å²) >= 11 is 6.98. The van der Waals surface area contributed by atoms with E-state index in [9.17, 15) is 4.79 Å².